The van der Waals surface area contributed by atoms with Gasteiger partial charge in [0.2, 0.25) is 5.95 Å². The Morgan fingerprint density at radius 1 is 1.43 bits per heavy atom. The quantitative estimate of drug-likeness (QED) is 0.720. The molecule has 9 heteroatoms. The number of ether oxygens (including phenoxy) is 1. The molecule has 0 saturated heterocycles. The highest BCUT2D eigenvalue weighted by atomic mass is 32.2. The van der Waals surface area contributed by atoms with Crippen LogP contribution in [0, 0.1) is 13.8 Å². The summed E-state index contributed by atoms with van der Waals surface area (Å²) < 4.78 is 32.0. The van der Waals surface area contributed by atoms with Crippen LogP contribution in [-0.4, -0.2) is 35.9 Å². The monoisotopic (exact) mass is 312 g/mol. The van der Waals surface area contributed by atoms with Crippen molar-refractivity contribution in [2.45, 2.75) is 25.7 Å². The lowest BCUT2D eigenvalue weighted by Gasteiger charge is -2.06. The minimum atomic E-state index is -3.85. The lowest BCUT2D eigenvalue weighted by Crippen LogP contribution is -2.15. The van der Waals surface area contributed by atoms with E-state index in [1.165, 1.54) is 12.4 Å². The van der Waals surface area contributed by atoms with E-state index >= 15 is 0 Å². The number of carbonyl (C=O) groups is 1. The lowest BCUT2D eigenvalue weighted by atomic mass is 10.2. The van der Waals surface area contributed by atoms with Gasteiger partial charge in [0.05, 0.1) is 6.61 Å². The van der Waals surface area contributed by atoms with E-state index in [0.29, 0.717) is 11.3 Å². The van der Waals surface area contributed by atoms with Gasteiger partial charge in [-0.3, -0.25) is 0 Å². The maximum Gasteiger partial charge on any atom is 0.355 e. The van der Waals surface area contributed by atoms with Crippen LogP contribution in [-0.2, 0) is 14.8 Å². The third-order valence-corrected chi connectivity index (χ3v) is 4.46. The standard InChI is InChI=1S/C12H16N4O4S/c1-4-20-11(17)9-7(2)10(8(3)15-9)21(18,19)16-12-13-5-6-14-12/h5-6,15H,4H2,1-3H3,(H2,13,14,16). The van der Waals surface area contributed by atoms with Gasteiger partial charge in [0, 0.05) is 23.7 Å². The maximum absolute atomic E-state index is 12.4. The molecule has 0 amide bonds. The molecule has 0 fully saturated rings. The summed E-state index contributed by atoms with van der Waals surface area (Å²) in [6.07, 6.45) is 2.93. The fourth-order valence-corrected chi connectivity index (χ4v) is 3.47. The van der Waals surface area contributed by atoms with Crippen molar-refractivity contribution < 1.29 is 17.9 Å². The summed E-state index contributed by atoms with van der Waals surface area (Å²) >= 11 is 0. The summed E-state index contributed by atoms with van der Waals surface area (Å²) in [6.45, 7) is 5.01. The number of nitrogens with zero attached hydrogens (tertiary/aromatic N) is 1. The number of anilines is 1. The molecule has 2 aromatic rings. The molecular formula is C12H16N4O4S. The zero-order valence-electron chi connectivity index (χ0n) is 11.9. The molecule has 0 radical (unpaired) electrons. The summed E-state index contributed by atoms with van der Waals surface area (Å²) in [7, 11) is -3.85. The van der Waals surface area contributed by atoms with Crippen molar-refractivity contribution in [2.75, 3.05) is 11.3 Å². The fraction of sp³-hybridized carbons (Fsp3) is 0.333. The van der Waals surface area contributed by atoms with E-state index in [9.17, 15) is 13.2 Å². The van der Waals surface area contributed by atoms with Gasteiger partial charge in [-0.2, -0.15) is 0 Å². The van der Waals surface area contributed by atoms with Crippen molar-refractivity contribution >= 4 is 21.9 Å². The molecular weight excluding hydrogens is 296 g/mol. The van der Waals surface area contributed by atoms with Gasteiger partial charge in [-0.05, 0) is 20.8 Å². The smallest absolute Gasteiger partial charge is 0.355 e. The Hall–Kier alpha value is -2.29. The van der Waals surface area contributed by atoms with Gasteiger partial charge in [0.15, 0.2) is 0 Å². The van der Waals surface area contributed by atoms with E-state index in [2.05, 4.69) is 19.7 Å². The van der Waals surface area contributed by atoms with Gasteiger partial charge < -0.3 is 14.7 Å². The number of nitrogens with one attached hydrogen (secondary N) is 3. The number of aryl methyl sites for hydroxylation is 1. The molecule has 21 heavy (non-hydrogen) atoms. The van der Waals surface area contributed by atoms with E-state index < -0.39 is 16.0 Å². The minimum Gasteiger partial charge on any atom is -0.461 e. The van der Waals surface area contributed by atoms with Crippen LogP contribution in [0.1, 0.15) is 28.7 Å². The first kappa shape index (κ1) is 15.1. The van der Waals surface area contributed by atoms with Crippen LogP contribution in [0.5, 0.6) is 0 Å². The first-order valence-electron chi connectivity index (χ1n) is 6.25. The molecule has 114 valence electrons. The molecule has 0 bridgehead atoms. The van der Waals surface area contributed by atoms with Crippen molar-refractivity contribution in [3.05, 3.63) is 29.3 Å². The van der Waals surface area contributed by atoms with Crippen molar-refractivity contribution in [1.29, 1.82) is 0 Å². The first-order valence-corrected chi connectivity index (χ1v) is 7.73. The van der Waals surface area contributed by atoms with Gasteiger partial charge in [-0.15, -0.1) is 0 Å². The second-order valence-electron chi connectivity index (χ2n) is 4.34. The molecule has 2 heterocycles. The molecule has 2 aromatic heterocycles. The third kappa shape index (κ3) is 2.92. The average molecular weight is 312 g/mol. The second-order valence-corrected chi connectivity index (χ2v) is 5.96. The Morgan fingerprint density at radius 3 is 2.71 bits per heavy atom. The Morgan fingerprint density at radius 2 is 2.14 bits per heavy atom. The number of esters is 1. The van der Waals surface area contributed by atoms with E-state index in [-0.39, 0.29) is 23.1 Å². The minimum absolute atomic E-state index is 0.0157. The summed E-state index contributed by atoms with van der Waals surface area (Å²) in [4.78, 5) is 21.0. The fourth-order valence-electron chi connectivity index (χ4n) is 2.04. The molecule has 0 aliphatic carbocycles. The summed E-state index contributed by atoms with van der Waals surface area (Å²) in [6, 6.07) is 0. The van der Waals surface area contributed by atoms with E-state index in [4.69, 9.17) is 4.74 Å². The van der Waals surface area contributed by atoms with Gasteiger partial charge in [-0.25, -0.2) is 22.9 Å². The SMILES string of the molecule is CCOC(=O)c1[nH]c(C)c(S(=O)(=O)Nc2ncc[nH]2)c1C. The van der Waals surface area contributed by atoms with Crippen LogP contribution in [0.15, 0.2) is 17.3 Å². The van der Waals surface area contributed by atoms with Crippen LogP contribution in [0.2, 0.25) is 0 Å². The number of sulfonamides is 1. The average Bonchev–Trinajstić information content (AvgIpc) is 2.97. The molecule has 0 aromatic carbocycles. The van der Waals surface area contributed by atoms with Crippen LogP contribution in [0.25, 0.3) is 0 Å². The normalized spacial score (nSPS) is 11.4. The topological polar surface area (TPSA) is 117 Å². The molecule has 8 nitrogen and oxygen atoms in total. The third-order valence-electron chi connectivity index (χ3n) is 2.85. The molecule has 3 N–H and O–H groups in total. The van der Waals surface area contributed by atoms with Crippen molar-refractivity contribution in [1.82, 2.24) is 15.0 Å². The summed E-state index contributed by atoms with van der Waals surface area (Å²) in [5.74, 6) is -0.481. The van der Waals surface area contributed by atoms with E-state index in [1.807, 2.05) is 0 Å². The predicted molar refractivity (Wildman–Crippen MR) is 75.6 cm³/mol. The van der Waals surface area contributed by atoms with Crippen LogP contribution in [0.3, 0.4) is 0 Å². The van der Waals surface area contributed by atoms with Gasteiger partial charge in [-0.1, -0.05) is 0 Å². The van der Waals surface area contributed by atoms with Crippen LogP contribution >= 0.6 is 0 Å². The van der Waals surface area contributed by atoms with Crippen molar-refractivity contribution in [2.24, 2.45) is 0 Å². The number of hydrogen-bond donors (Lipinski definition) is 3. The number of carbonyl (C=O) groups excluding carboxylic acids is 1. The number of aromatic nitrogens is 3. The number of imidazole rings is 1. The van der Waals surface area contributed by atoms with Gasteiger partial charge in [0.1, 0.15) is 10.6 Å². The number of H-pyrrole nitrogens is 2. The van der Waals surface area contributed by atoms with E-state index in [1.54, 1.807) is 20.8 Å². The summed E-state index contributed by atoms with van der Waals surface area (Å²) in [5.41, 5.74) is 0.800. The highest BCUT2D eigenvalue weighted by molar-refractivity contribution is 7.92. The number of aromatic amines is 2. The zero-order chi connectivity index (χ0) is 15.6. The van der Waals surface area contributed by atoms with Gasteiger partial charge in [0.25, 0.3) is 10.0 Å². The first-order chi connectivity index (χ1) is 9.86. The molecule has 0 aliphatic rings. The van der Waals surface area contributed by atoms with Crippen LogP contribution in [0.4, 0.5) is 5.95 Å². The number of hydrogen-bond acceptors (Lipinski definition) is 5. The molecule has 0 spiro atoms. The zero-order valence-corrected chi connectivity index (χ0v) is 12.7. The van der Waals surface area contributed by atoms with Gasteiger partial charge >= 0.3 is 5.97 Å². The highest BCUT2D eigenvalue weighted by Gasteiger charge is 2.27. The van der Waals surface area contributed by atoms with Crippen molar-refractivity contribution in [3.8, 4) is 0 Å². The molecule has 0 saturated carbocycles. The Bertz CT molecular complexity index is 747. The van der Waals surface area contributed by atoms with E-state index in [0.717, 1.165) is 0 Å². The largest absolute Gasteiger partial charge is 0.461 e. The Kier molecular flexibility index (Phi) is 4.03. The summed E-state index contributed by atoms with van der Waals surface area (Å²) in [5, 5.41) is 0. The Balaban J connectivity index is 2.42. The predicted octanol–water partition coefficient (Wildman–Crippen LogP) is 1.33. The molecule has 0 atom stereocenters. The van der Waals surface area contributed by atoms with Crippen LogP contribution < -0.4 is 4.72 Å². The lowest BCUT2D eigenvalue weighted by molar-refractivity contribution is 0.0519. The molecule has 0 aliphatic heterocycles. The molecule has 2 rings (SSSR count). The number of rotatable bonds is 5. The second kappa shape index (κ2) is 5.60. The van der Waals surface area contributed by atoms with Crippen molar-refractivity contribution in [3.63, 3.8) is 0 Å². The highest BCUT2D eigenvalue weighted by Crippen LogP contribution is 2.25. The Labute approximate surface area is 122 Å². The molecule has 0 unspecified atom stereocenters. The maximum atomic E-state index is 12.4.